The predicted octanol–water partition coefficient (Wildman–Crippen LogP) is 3.24. The maximum Gasteiger partial charge on any atom is 0.216 e. The fourth-order valence-corrected chi connectivity index (χ4v) is 3.50. The van der Waals surface area contributed by atoms with Gasteiger partial charge >= 0.3 is 0 Å². The van der Waals surface area contributed by atoms with Gasteiger partial charge in [0.15, 0.2) is 0 Å². The van der Waals surface area contributed by atoms with Crippen LogP contribution in [0.2, 0.25) is 0 Å². The minimum absolute atomic E-state index is 0.196. The van der Waals surface area contributed by atoms with E-state index >= 15 is 0 Å². The molecule has 1 aliphatic rings. The number of aromatic hydroxyl groups is 1. The summed E-state index contributed by atoms with van der Waals surface area (Å²) in [5.74, 6) is 0.541. The Balaban J connectivity index is 2.40. The summed E-state index contributed by atoms with van der Waals surface area (Å²) in [6.45, 7) is 15.3. The summed E-state index contributed by atoms with van der Waals surface area (Å²) < 4.78 is 0. The number of phenolic OH excluding ortho intramolecular Hbond substituents is 1. The quantitative estimate of drug-likeness (QED) is 0.835. The van der Waals surface area contributed by atoms with Crippen molar-refractivity contribution in [2.45, 2.75) is 71.6 Å². The molecule has 1 saturated heterocycles. The van der Waals surface area contributed by atoms with Crippen molar-refractivity contribution in [1.29, 1.82) is 0 Å². The molecule has 0 radical (unpaired) electrons. The van der Waals surface area contributed by atoms with Crippen LogP contribution in [-0.4, -0.2) is 30.5 Å². The Morgan fingerprint density at radius 3 is 1.83 bits per heavy atom. The molecule has 0 saturated carbocycles. The van der Waals surface area contributed by atoms with Gasteiger partial charge in [0, 0.05) is 16.7 Å². The highest BCUT2D eigenvalue weighted by atomic mass is 16.3. The summed E-state index contributed by atoms with van der Waals surface area (Å²) in [7, 11) is 0. The Morgan fingerprint density at radius 1 is 0.958 bits per heavy atom. The summed E-state index contributed by atoms with van der Waals surface area (Å²) in [6, 6.07) is 3.83. The first-order valence-electron chi connectivity index (χ1n) is 9.25. The van der Waals surface area contributed by atoms with Crippen LogP contribution >= 0.6 is 0 Å². The highest BCUT2D eigenvalue weighted by molar-refractivity contribution is 5.97. The van der Waals surface area contributed by atoms with Crippen LogP contribution in [0.25, 0.3) is 0 Å². The Bertz CT molecular complexity index is 564. The number of rotatable bonds is 3. The molecule has 0 amide bonds. The van der Waals surface area contributed by atoms with Crippen molar-refractivity contribution in [3.8, 4) is 5.75 Å². The van der Waals surface area contributed by atoms with Crippen molar-refractivity contribution in [3.63, 3.8) is 0 Å². The molecular weight excluding hydrogens is 298 g/mol. The van der Waals surface area contributed by atoms with Crippen LogP contribution in [0, 0.1) is 0 Å². The average molecular weight is 333 g/mol. The second-order valence-corrected chi connectivity index (χ2v) is 9.33. The number of nitrogens with one attached hydrogen (secondary N) is 1. The van der Waals surface area contributed by atoms with Crippen molar-refractivity contribution in [2.75, 3.05) is 19.6 Å². The zero-order chi connectivity index (χ0) is 18.1. The van der Waals surface area contributed by atoms with E-state index in [1.54, 1.807) is 0 Å². The molecule has 1 heterocycles. The van der Waals surface area contributed by atoms with Crippen molar-refractivity contribution < 1.29 is 14.8 Å². The van der Waals surface area contributed by atoms with Gasteiger partial charge in [0.1, 0.15) is 12.3 Å². The van der Waals surface area contributed by atoms with Gasteiger partial charge in [0.25, 0.3) is 0 Å². The molecule has 0 unspecified atom stereocenters. The third kappa shape index (κ3) is 4.38. The van der Waals surface area contributed by atoms with Gasteiger partial charge in [-0.15, -0.1) is 0 Å². The van der Waals surface area contributed by atoms with E-state index in [1.165, 1.54) is 24.2 Å². The number of piperidine rings is 1. The molecule has 3 nitrogen and oxygen atoms in total. The molecule has 0 bridgehead atoms. The summed E-state index contributed by atoms with van der Waals surface area (Å²) in [5, 5.41) is 10.8. The highest BCUT2D eigenvalue weighted by Crippen LogP contribution is 2.39. The second kappa shape index (κ2) is 6.87. The van der Waals surface area contributed by atoms with Crippen LogP contribution in [0.15, 0.2) is 12.1 Å². The van der Waals surface area contributed by atoms with Crippen molar-refractivity contribution >= 4 is 5.78 Å². The number of hydrogen-bond acceptors (Lipinski definition) is 2. The lowest BCUT2D eigenvalue weighted by Crippen LogP contribution is -3.13. The minimum Gasteiger partial charge on any atom is -0.507 e. The summed E-state index contributed by atoms with van der Waals surface area (Å²) in [5.41, 5.74) is 2.09. The van der Waals surface area contributed by atoms with Gasteiger partial charge < -0.3 is 10.0 Å². The molecule has 3 heteroatoms. The molecular formula is C21H34NO2+. The lowest BCUT2D eigenvalue weighted by Gasteiger charge is -2.28. The Labute approximate surface area is 147 Å². The van der Waals surface area contributed by atoms with E-state index in [2.05, 4.69) is 41.5 Å². The van der Waals surface area contributed by atoms with Crippen LogP contribution in [0.5, 0.6) is 5.75 Å². The smallest absolute Gasteiger partial charge is 0.216 e. The molecule has 2 N–H and O–H groups in total. The van der Waals surface area contributed by atoms with Gasteiger partial charge in [-0.2, -0.15) is 0 Å². The third-order valence-electron chi connectivity index (χ3n) is 5.02. The van der Waals surface area contributed by atoms with Crippen LogP contribution in [0.1, 0.15) is 82.3 Å². The number of quaternary nitrogens is 1. The van der Waals surface area contributed by atoms with E-state index in [4.69, 9.17) is 0 Å². The third-order valence-corrected chi connectivity index (χ3v) is 5.02. The molecule has 0 atom stereocenters. The van der Waals surface area contributed by atoms with Gasteiger partial charge in [-0.05, 0) is 42.2 Å². The SMILES string of the molecule is CC(C)(C)c1cc(C(=O)C[NH+]2CCCCC2)cc(C(C)(C)C)c1O. The normalized spacial score (nSPS) is 17.1. The highest BCUT2D eigenvalue weighted by Gasteiger charge is 2.28. The monoisotopic (exact) mass is 332 g/mol. The number of benzene rings is 1. The maximum absolute atomic E-state index is 12.9. The van der Waals surface area contributed by atoms with Crippen molar-refractivity contribution in [2.24, 2.45) is 0 Å². The van der Waals surface area contributed by atoms with Gasteiger partial charge in [-0.1, -0.05) is 41.5 Å². The topological polar surface area (TPSA) is 41.7 Å². The van der Waals surface area contributed by atoms with E-state index in [1.807, 2.05) is 12.1 Å². The van der Waals surface area contributed by atoms with Crippen molar-refractivity contribution in [3.05, 3.63) is 28.8 Å². The molecule has 24 heavy (non-hydrogen) atoms. The number of ketones is 1. The van der Waals surface area contributed by atoms with Gasteiger partial charge in [-0.3, -0.25) is 4.79 Å². The minimum atomic E-state index is -0.196. The first-order chi connectivity index (χ1) is 11.0. The predicted molar refractivity (Wildman–Crippen MR) is 99.3 cm³/mol. The number of phenols is 1. The van der Waals surface area contributed by atoms with Crippen LogP contribution in [0.3, 0.4) is 0 Å². The van der Waals surface area contributed by atoms with Gasteiger partial charge in [0.2, 0.25) is 5.78 Å². The number of Topliss-reactive ketones (excluding diaryl/α,β-unsaturated/α-hetero) is 1. The van der Waals surface area contributed by atoms with Gasteiger partial charge in [0.05, 0.1) is 13.1 Å². The number of hydrogen-bond donors (Lipinski definition) is 2. The summed E-state index contributed by atoms with van der Waals surface area (Å²) in [4.78, 5) is 14.3. The van der Waals surface area contributed by atoms with E-state index in [9.17, 15) is 9.90 Å². The Kier molecular flexibility index (Phi) is 5.44. The molecule has 134 valence electrons. The molecule has 1 fully saturated rings. The van der Waals surface area contributed by atoms with E-state index < -0.39 is 0 Å². The number of likely N-dealkylation sites (tertiary alicyclic amines) is 1. The first-order valence-corrected chi connectivity index (χ1v) is 9.25. The second-order valence-electron chi connectivity index (χ2n) is 9.33. The standard InChI is InChI=1S/C21H33NO2/c1-20(2,3)16-12-15(13-17(19(16)24)21(4,5)6)18(23)14-22-10-8-7-9-11-22/h12-13,24H,7-11,14H2,1-6H3/p+1. The molecule has 0 aromatic heterocycles. The molecule has 0 aliphatic carbocycles. The van der Waals surface area contributed by atoms with E-state index in [0.29, 0.717) is 12.3 Å². The van der Waals surface area contributed by atoms with Crippen LogP contribution < -0.4 is 4.90 Å². The zero-order valence-electron chi connectivity index (χ0n) is 16.3. The molecule has 1 aromatic rings. The van der Waals surface area contributed by atoms with Crippen LogP contribution in [0.4, 0.5) is 0 Å². The van der Waals surface area contributed by atoms with E-state index in [0.717, 1.165) is 29.8 Å². The van der Waals surface area contributed by atoms with Crippen LogP contribution in [-0.2, 0) is 10.8 Å². The average Bonchev–Trinajstić information content (AvgIpc) is 2.46. The maximum atomic E-state index is 12.9. The Hall–Kier alpha value is -1.35. The fourth-order valence-electron chi connectivity index (χ4n) is 3.50. The lowest BCUT2D eigenvalue weighted by molar-refractivity contribution is -0.896. The summed E-state index contributed by atoms with van der Waals surface area (Å²) in [6.07, 6.45) is 3.73. The summed E-state index contributed by atoms with van der Waals surface area (Å²) >= 11 is 0. The largest absolute Gasteiger partial charge is 0.507 e. The molecule has 1 aromatic carbocycles. The van der Waals surface area contributed by atoms with Crippen molar-refractivity contribution in [1.82, 2.24) is 0 Å². The molecule has 2 rings (SSSR count). The fraction of sp³-hybridized carbons (Fsp3) is 0.667. The molecule has 1 aliphatic heterocycles. The number of carbonyl (C=O) groups is 1. The number of carbonyl (C=O) groups excluding carboxylic acids is 1. The van der Waals surface area contributed by atoms with Gasteiger partial charge in [-0.25, -0.2) is 0 Å². The lowest BCUT2D eigenvalue weighted by atomic mass is 9.78. The first kappa shape index (κ1) is 19.0. The van der Waals surface area contributed by atoms with E-state index in [-0.39, 0.29) is 16.6 Å². The Morgan fingerprint density at radius 2 is 1.42 bits per heavy atom. The zero-order valence-corrected chi connectivity index (χ0v) is 16.3. The molecule has 0 spiro atoms.